The van der Waals surface area contributed by atoms with Crippen molar-refractivity contribution in [3.8, 4) is 5.75 Å². The zero-order valence-electron chi connectivity index (χ0n) is 16.6. The number of hydrogen-bond donors (Lipinski definition) is 1. The van der Waals surface area contributed by atoms with Crippen molar-refractivity contribution >= 4 is 34.6 Å². The van der Waals surface area contributed by atoms with Crippen molar-refractivity contribution in [3.63, 3.8) is 0 Å². The Hall–Kier alpha value is -2.37. The van der Waals surface area contributed by atoms with Gasteiger partial charge >= 0.3 is 0 Å². The Morgan fingerprint density at radius 2 is 1.93 bits per heavy atom. The standard InChI is InChI=1S/C24H23N2OS2/c1-17-19(16-29-24-25-20-10-4-5-11-21(20)26-24)9-7-13-23(17)28-15-14-18-8-3-6-12-22(18)27-2/h3-7,9-13H,14-16H2,1-2H3,(H,25,26). The van der Waals surface area contributed by atoms with E-state index in [9.17, 15) is 0 Å². The van der Waals surface area contributed by atoms with Crippen LogP contribution in [0.25, 0.3) is 11.0 Å². The molecule has 0 atom stereocenters. The van der Waals surface area contributed by atoms with E-state index < -0.39 is 0 Å². The summed E-state index contributed by atoms with van der Waals surface area (Å²) in [6.07, 6.45) is 0.937. The van der Waals surface area contributed by atoms with Crippen LogP contribution in [0.3, 0.4) is 0 Å². The Morgan fingerprint density at radius 3 is 2.79 bits per heavy atom. The van der Waals surface area contributed by atoms with Crippen LogP contribution in [0.1, 0.15) is 16.7 Å². The minimum absolute atomic E-state index is 0.903. The van der Waals surface area contributed by atoms with Crippen LogP contribution in [-0.4, -0.2) is 22.8 Å². The normalized spacial score (nSPS) is 11.1. The minimum atomic E-state index is 0.903. The number of benzene rings is 3. The zero-order valence-corrected chi connectivity index (χ0v) is 18.2. The average molecular weight is 420 g/mol. The van der Waals surface area contributed by atoms with Crippen molar-refractivity contribution in [3.05, 3.63) is 83.4 Å². The van der Waals surface area contributed by atoms with Crippen LogP contribution >= 0.6 is 23.5 Å². The number of H-pyrrole nitrogens is 1. The van der Waals surface area contributed by atoms with Gasteiger partial charge in [-0.25, -0.2) is 4.98 Å². The van der Waals surface area contributed by atoms with Crippen molar-refractivity contribution in [1.29, 1.82) is 0 Å². The highest BCUT2D eigenvalue weighted by atomic mass is 32.2. The smallest absolute Gasteiger partial charge is 0.166 e. The number of para-hydroxylation sites is 2. The minimum Gasteiger partial charge on any atom is -0.496 e. The molecule has 1 heterocycles. The van der Waals surface area contributed by atoms with E-state index in [0.29, 0.717) is 0 Å². The topological polar surface area (TPSA) is 37.9 Å². The van der Waals surface area contributed by atoms with Gasteiger partial charge in [-0.1, -0.05) is 48.2 Å². The second-order valence-corrected chi connectivity index (χ2v) is 8.80. The highest BCUT2D eigenvalue weighted by Gasteiger charge is 2.09. The molecule has 4 rings (SSSR count). The lowest BCUT2D eigenvalue weighted by molar-refractivity contribution is 0.410. The van der Waals surface area contributed by atoms with Gasteiger partial charge in [0.05, 0.1) is 18.1 Å². The maximum Gasteiger partial charge on any atom is 0.166 e. The first-order valence-corrected chi connectivity index (χ1v) is 11.5. The van der Waals surface area contributed by atoms with E-state index in [2.05, 4.69) is 47.2 Å². The molecule has 147 valence electrons. The van der Waals surface area contributed by atoms with Crippen molar-refractivity contribution < 1.29 is 4.74 Å². The number of aromatic amines is 1. The molecule has 3 nitrogen and oxygen atoms in total. The number of aromatic nitrogens is 2. The van der Waals surface area contributed by atoms with E-state index in [4.69, 9.17) is 4.74 Å². The number of hydrogen-bond acceptors (Lipinski definition) is 4. The number of methoxy groups -OCH3 is 1. The molecule has 5 heteroatoms. The van der Waals surface area contributed by atoms with Gasteiger partial charge in [-0.05, 0) is 54.8 Å². The molecule has 0 spiro atoms. The lowest BCUT2D eigenvalue weighted by atomic mass is 10.1. The summed E-state index contributed by atoms with van der Waals surface area (Å²) in [6.45, 7) is 2.21. The molecule has 4 aromatic rings. The second kappa shape index (κ2) is 9.42. The molecule has 0 aliphatic carbocycles. The number of ether oxygens (including phenoxy) is 1. The molecule has 0 bridgehead atoms. The second-order valence-electron chi connectivity index (χ2n) is 6.70. The Bertz CT molecular complexity index is 1070. The predicted octanol–water partition coefficient (Wildman–Crippen LogP) is 6.31. The summed E-state index contributed by atoms with van der Waals surface area (Å²) in [5.41, 5.74) is 5.94. The van der Waals surface area contributed by atoms with Gasteiger partial charge in [0.15, 0.2) is 5.16 Å². The lowest BCUT2D eigenvalue weighted by Crippen LogP contribution is -1.95. The van der Waals surface area contributed by atoms with Gasteiger partial charge < -0.3 is 9.72 Å². The predicted molar refractivity (Wildman–Crippen MR) is 123 cm³/mol. The highest BCUT2D eigenvalue weighted by Crippen LogP contribution is 2.30. The molecule has 0 saturated heterocycles. The van der Waals surface area contributed by atoms with Crippen molar-refractivity contribution in [1.82, 2.24) is 9.97 Å². The Morgan fingerprint density at radius 1 is 1.03 bits per heavy atom. The van der Waals surface area contributed by atoms with Crippen LogP contribution in [0.2, 0.25) is 0 Å². The van der Waals surface area contributed by atoms with Gasteiger partial charge in [-0.3, -0.25) is 0 Å². The maximum atomic E-state index is 5.43. The number of thioether (sulfide) groups is 2. The zero-order chi connectivity index (χ0) is 20.1. The molecular weight excluding hydrogens is 396 g/mol. The van der Waals surface area contributed by atoms with Gasteiger partial charge in [0, 0.05) is 22.0 Å². The van der Waals surface area contributed by atoms with Gasteiger partial charge in [-0.15, -0.1) is 11.8 Å². The summed E-state index contributed by atoms with van der Waals surface area (Å²) in [6, 6.07) is 23.9. The molecule has 0 amide bonds. The summed E-state index contributed by atoms with van der Waals surface area (Å²) >= 11 is 3.64. The van der Waals surface area contributed by atoms with Crippen molar-refractivity contribution in [2.75, 3.05) is 12.9 Å². The third kappa shape index (κ3) is 4.80. The fraction of sp³-hybridized carbons (Fsp3) is 0.208. The van der Waals surface area contributed by atoms with Crippen LogP contribution in [0.4, 0.5) is 0 Å². The average Bonchev–Trinajstić information content (AvgIpc) is 3.17. The van der Waals surface area contributed by atoms with Crippen LogP contribution in [0.5, 0.6) is 5.75 Å². The molecule has 1 aromatic heterocycles. The van der Waals surface area contributed by atoms with Crippen LogP contribution in [0, 0.1) is 13.0 Å². The first-order valence-electron chi connectivity index (χ1n) is 9.57. The van der Waals surface area contributed by atoms with Crippen LogP contribution in [-0.2, 0) is 12.2 Å². The monoisotopic (exact) mass is 419 g/mol. The Kier molecular flexibility index (Phi) is 6.47. The highest BCUT2D eigenvalue weighted by molar-refractivity contribution is 7.99. The van der Waals surface area contributed by atoms with Crippen molar-refractivity contribution in [2.45, 2.75) is 29.1 Å². The first kappa shape index (κ1) is 19.9. The largest absolute Gasteiger partial charge is 0.496 e. The molecule has 0 aliphatic heterocycles. The summed E-state index contributed by atoms with van der Waals surface area (Å²) in [5, 5.41) is 0.968. The van der Waals surface area contributed by atoms with E-state index in [1.807, 2.05) is 48.2 Å². The molecule has 0 unspecified atom stereocenters. The van der Waals surface area contributed by atoms with E-state index >= 15 is 0 Å². The summed E-state index contributed by atoms with van der Waals surface area (Å²) in [5.74, 6) is 2.82. The number of imidazole rings is 1. The van der Waals surface area contributed by atoms with E-state index in [0.717, 1.165) is 45.4 Å². The lowest BCUT2D eigenvalue weighted by Gasteiger charge is -2.11. The number of nitrogens with zero attached hydrogens (tertiary/aromatic N) is 1. The van der Waals surface area contributed by atoms with E-state index in [1.54, 1.807) is 18.9 Å². The number of nitrogens with one attached hydrogen (secondary N) is 1. The maximum absolute atomic E-state index is 5.43. The molecule has 1 radical (unpaired) electrons. The molecular formula is C24H23N2OS2. The fourth-order valence-corrected chi connectivity index (χ4v) is 5.22. The molecule has 0 fully saturated rings. The molecule has 0 saturated carbocycles. The third-order valence-corrected chi connectivity index (χ3v) is 6.94. The molecule has 0 aliphatic rings. The summed E-state index contributed by atoms with van der Waals surface area (Å²) in [7, 11) is 1.72. The molecule has 29 heavy (non-hydrogen) atoms. The SMILES string of the molecule is COc1ccc[c]c1CCSc1cccc(CSc2nc3ccccc3[nH]2)c1C. The first-order chi connectivity index (χ1) is 14.2. The number of fused-ring (bicyclic) bond motifs is 1. The van der Waals surface area contributed by atoms with Crippen molar-refractivity contribution in [2.24, 2.45) is 0 Å². The van der Waals surface area contributed by atoms with E-state index in [1.165, 1.54) is 16.0 Å². The van der Waals surface area contributed by atoms with E-state index in [-0.39, 0.29) is 0 Å². The fourth-order valence-electron chi connectivity index (χ4n) is 3.22. The van der Waals surface area contributed by atoms with Gasteiger partial charge in [0.25, 0.3) is 0 Å². The molecule has 3 aromatic carbocycles. The summed E-state index contributed by atoms with van der Waals surface area (Å²) < 4.78 is 5.43. The summed E-state index contributed by atoms with van der Waals surface area (Å²) in [4.78, 5) is 9.40. The van der Waals surface area contributed by atoms with Gasteiger partial charge in [0.1, 0.15) is 5.75 Å². The number of rotatable bonds is 8. The van der Waals surface area contributed by atoms with Gasteiger partial charge in [-0.2, -0.15) is 0 Å². The van der Waals surface area contributed by atoms with Crippen LogP contribution in [0.15, 0.2) is 70.7 Å². The Labute approximate surface area is 180 Å². The molecule has 1 N–H and O–H groups in total. The Balaban J connectivity index is 1.39. The quantitative estimate of drug-likeness (QED) is 0.340. The number of aryl methyl sites for hydroxylation is 1. The third-order valence-electron chi connectivity index (χ3n) is 4.86. The van der Waals surface area contributed by atoms with Gasteiger partial charge in [0.2, 0.25) is 0 Å². The van der Waals surface area contributed by atoms with Crippen LogP contribution < -0.4 is 4.74 Å².